The minimum atomic E-state index is -3.62. The molecule has 0 aromatic heterocycles. The van der Waals surface area contributed by atoms with E-state index in [1.165, 1.54) is 12.1 Å². The van der Waals surface area contributed by atoms with Crippen molar-refractivity contribution >= 4 is 21.6 Å². The molecule has 6 heteroatoms. The van der Waals surface area contributed by atoms with Gasteiger partial charge in [0.1, 0.15) is 5.82 Å². The molecular formula is C12H17ClFNO2S. The SMILES string of the molecule is CC(C)C(CCCl)NS(=O)(=O)c1ccc(F)cc1. The molecule has 0 aliphatic carbocycles. The van der Waals surface area contributed by atoms with E-state index in [1.807, 2.05) is 13.8 Å². The summed E-state index contributed by atoms with van der Waals surface area (Å²) in [6.07, 6.45) is 0.555. The summed E-state index contributed by atoms with van der Waals surface area (Å²) in [6.45, 7) is 3.84. The number of halogens is 2. The van der Waals surface area contributed by atoms with Crippen LogP contribution in [0.1, 0.15) is 20.3 Å². The first-order valence-corrected chi connectivity index (χ1v) is 7.72. The van der Waals surface area contributed by atoms with Gasteiger partial charge in [-0.1, -0.05) is 13.8 Å². The quantitative estimate of drug-likeness (QED) is 0.820. The van der Waals surface area contributed by atoms with Crippen molar-refractivity contribution in [2.45, 2.75) is 31.2 Å². The number of nitrogens with one attached hydrogen (secondary N) is 1. The van der Waals surface area contributed by atoms with Crippen LogP contribution < -0.4 is 4.72 Å². The first-order valence-electron chi connectivity index (χ1n) is 5.70. The van der Waals surface area contributed by atoms with Gasteiger partial charge in [0.05, 0.1) is 4.90 Å². The van der Waals surface area contributed by atoms with Crippen molar-refractivity contribution in [1.29, 1.82) is 0 Å². The van der Waals surface area contributed by atoms with Gasteiger partial charge in [0.15, 0.2) is 0 Å². The number of rotatable bonds is 6. The van der Waals surface area contributed by atoms with Gasteiger partial charge in [0.2, 0.25) is 10.0 Å². The van der Waals surface area contributed by atoms with E-state index < -0.39 is 15.8 Å². The molecule has 0 saturated heterocycles. The fourth-order valence-corrected chi connectivity index (χ4v) is 3.18. The maximum Gasteiger partial charge on any atom is 0.240 e. The van der Waals surface area contributed by atoms with Crippen LogP contribution in [-0.2, 0) is 10.0 Å². The molecule has 1 aromatic rings. The number of benzene rings is 1. The average molecular weight is 294 g/mol. The third-order valence-corrected chi connectivity index (χ3v) is 4.38. The summed E-state index contributed by atoms with van der Waals surface area (Å²) >= 11 is 5.65. The second kappa shape index (κ2) is 6.50. The zero-order chi connectivity index (χ0) is 13.8. The lowest BCUT2D eigenvalue weighted by molar-refractivity contribution is 0.439. The highest BCUT2D eigenvalue weighted by Gasteiger charge is 2.21. The number of hydrogen-bond donors (Lipinski definition) is 1. The largest absolute Gasteiger partial charge is 0.240 e. The zero-order valence-electron chi connectivity index (χ0n) is 10.4. The van der Waals surface area contributed by atoms with Crippen molar-refractivity contribution in [2.24, 2.45) is 5.92 Å². The van der Waals surface area contributed by atoms with Crippen LogP contribution in [0, 0.1) is 11.7 Å². The van der Waals surface area contributed by atoms with Crippen molar-refractivity contribution in [1.82, 2.24) is 4.72 Å². The van der Waals surface area contributed by atoms with E-state index in [0.717, 1.165) is 12.1 Å². The normalized spacial score (nSPS) is 13.8. The fraction of sp³-hybridized carbons (Fsp3) is 0.500. The lowest BCUT2D eigenvalue weighted by Crippen LogP contribution is -2.38. The molecule has 1 unspecified atom stereocenters. The molecule has 0 saturated carbocycles. The topological polar surface area (TPSA) is 46.2 Å². The van der Waals surface area contributed by atoms with Crippen LogP contribution in [0.25, 0.3) is 0 Å². The van der Waals surface area contributed by atoms with Crippen LogP contribution in [0.5, 0.6) is 0 Å². The van der Waals surface area contributed by atoms with E-state index in [0.29, 0.717) is 12.3 Å². The van der Waals surface area contributed by atoms with Crippen molar-refractivity contribution < 1.29 is 12.8 Å². The molecule has 0 bridgehead atoms. The molecule has 0 amide bonds. The molecule has 1 rings (SSSR count). The molecule has 1 N–H and O–H groups in total. The van der Waals surface area contributed by atoms with Gasteiger partial charge in [0.25, 0.3) is 0 Å². The van der Waals surface area contributed by atoms with Crippen LogP contribution in [0.3, 0.4) is 0 Å². The van der Waals surface area contributed by atoms with Crippen LogP contribution >= 0.6 is 11.6 Å². The fourth-order valence-electron chi connectivity index (χ4n) is 1.53. The summed E-state index contributed by atoms with van der Waals surface area (Å²) in [7, 11) is -3.62. The first kappa shape index (κ1) is 15.4. The molecule has 18 heavy (non-hydrogen) atoms. The Morgan fingerprint density at radius 3 is 2.28 bits per heavy atom. The van der Waals surface area contributed by atoms with E-state index in [2.05, 4.69) is 4.72 Å². The summed E-state index contributed by atoms with van der Waals surface area (Å²) < 4.78 is 39.5. The molecule has 0 aliphatic rings. The van der Waals surface area contributed by atoms with Crippen LogP contribution in [0.4, 0.5) is 4.39 Å². The molecule has 0 radical (unpaired) electrons. The highest BCUT2D eigenvalue weighted by atomic mass is 35.5. The maximum atomic E-state index is 12.8. The first-order chi connectivity index (χ1) is 8.36. The molecule has 0 aliphatic heterocycles. The van der Waals surface area contributed by atoms with Crippen molar-refractivity contribution in [3.63, 3.8) is 0 Å². The van der Waals surface area contributed by atoms with Gasteiger partial charge >= 0.3 is 0 Å². The van der Waals surface area contributed by atoms with Crippen molar-refractivity contribution in [2.75, 3.05) is 5.88 Å². The third kappa shape index (κ3) is 4.23. The minimum absolute atomic E-state index is 0.0594. The highest BCUT2D eigenvalue weighted by molar-refractivity contribution is 7.89. The summed E-state index contributed by atoms with van der Waals surface area (Å²) in [5.74, 6) is 0.0588. The molecule has 3 nitrogen and oxygen atoms in total. The van der Waals surface area contributed by atoms with Gasteiger partial charge in [-0.15, -0.1) is 11.6 Å². The van der Waals surface area contributed by atoms with Gasteiger partial charge in [-0.05, 0) is 36.6 Å². The molecule has 0 spiro atoms. The van der Waals surface area contributed by atoms with E-state index >= 15 is 0 Å². The van der Waals surface area contributed by atoms with Gasteiger partial charge in [-0.2, -0.15) is 0 Å². The Balaban J connectivity index is 2.89. The zero-order valence-corrected chi connectivity index (χ0v) is 11.9. The average Bonchev–Trinajstić information content (AvgIpc) is 2.28. The Morgan fingerprint density at radius 2 is 1.83 bits per heavy atom. The van der Waals surface area contributed by atoms with E-state index in [9.17, 15) is 12.8 Å². The van der Waals surface area contributed by atoms with E-state index in [4.69, 9.17) is 11.6 Å². The van der Waals surface area contributed by atoms with Crippen molar-refractivity contribution in [3.8, 4) is 0 Å². The van der Waals surface area contributed by atoms with Crippen molar-refractivity contribution in [3.05, 3.63) is 30.1 Å². The Labute approximate surface area is 112 Å². The standard InChI is InChI=1S/C12H17ClFNO2S/c1-9(2)12(7-8-13)15-18(16,17)11-5-3-10(14)4-6-11/h3-6,9,12,15H,7-8H2,1-2H3. The molecular weight excluding hydrogens is 277 g/mol. The number of sulfonamides is 1. The molecule has 0 fully saturated rings. The molecule has 102 valence electrons. The highest BCUT2D eigenvalue weighted by Crippen LogP contribution is 2.14. The Bertz CT molecular complexity index is 473. The number of hydrogen-bond acceptors (Lipinski definition) is 2. The van der Waals surface area contributed by atoms with Gasteiger partial charge in [-0.25, -0.2) is 17.5 Å². The van der Waals surface area contributed by atoms with Gasteiger partial charge in [0, 0.05) is 11.9 Å². The lowest BCUT2D eigenvalue weighted by atomic mass is 10.0. The Kier molecular flexibility index (Phi) is 5.56. The second-order valence-electron chi connectivity index (χ2n) is 4.40. The minimum Gasteiger partial charge on any atom is -0.208 e. The van der Waals surface area contributed by atoms with Crippen LogP contribution in [-0.4, -0.2) is 20.3 Å². The molecule has 1 aromatic carbocycles. The Morgan fingerprint density at radius 1 is 1.28 bits per heavy atom. The summed E-state index contributed by atoms with van der Waals surface area (Å²) in [5, 5.41) is 0. The Hall–Kier alpha value is -0.650. The summed E-state index contributed by atoms with van der Waals surface area (Å²) in [4.78, 5) is 0.0594. The van der Waals surface area contributed by atoms with Crippen LogP contribution in [0.15, 0.2) is 29.2 Å². The van der Waals surface area contributed by atoms with Gasteiger partial charge in [-0.3, -0.25) is 0 Å². The monoisotopic (exact) mass is 293 g/mol. The third-order valence-electron chi connectivity index (χ3n) is 2.66. The summed E-state index contributed by atoms with van der Waals surface area (Å²) in [5.41, 5.74) is 0. The predicted octanol–water partition coefficient (Wildman–Crippen LogP) is 2.76. The molecule has 1 atom stereocenters. The summed E-state index contributed by atoms with van der Waals surface area (Å²) in [6, 6.07) is 4.52. The maximum absolute atomic E-state index is 12.8. The number of alkyl halides is 1. The predicted molar refractivity (Wildman–Crippen MR) is 70.7 cm³/mol. The lowest BCUT2D eigenvalue weighted by Gasteiger charge is -2.21. The van der Waals surface area contributed by atoms with Gasteiger partial charge < -0.3 is 0 Å². The van der Waals surface area contributed by atoms with E-state index in [1.54, 1.807) is 0 Å². The van der Waals surface area contributed by atoms with E-state index in [-0.39, 0.29) is 16.9 Å². The smallest absolute Gasteiger partial charge is 0.208 e. The second-order valence-corrected chi connectivity index (χ2v) is 6.50. The van der Waals surface area contributed by atoms with Crippen LogP contribution in [0.2, 0.25) is 0 Å². The molecule has 0 heterocycles.